The third-order valence-corrected chi connectivity index (χ3v) is 3.95. The smallest absolute Gasteiger partial charge is 0.260 e. The molecule has 2 N–H and O–H groups in total. The summed E-state index contributed by atoms with van der Waals surface area (Å²) in [6, 6.07) is 6.47. The Morgan fingerprint density at radius 2 is 2.14 bits per heavy atom. The Morgan fingerprint density at radius 3 is 2.77 bits per heavy atom. The van der Waals surface area contributed by atoms with Gasteiger partial charge in [0.25, 0.3) is 11.8 Å². The molecular formula is C15H15ClN2O3S. The number of rotatable bonds is 6. The Bertz CT molecular complexity index is 673. The van der Waals surface area contributed by atoms with Gasteiger partial charge in [-0.05, 0) is 40.6 Å². The number of halogens is 1. The van der Waals surface area contributed by atoms with Crippen molar-refractivity contribution in [2.75, 3.05) is 13.7 Å². The molecule has 1 aromatic carbocycles. The summed E-state index contributed by atoms with van der Waals surface area (Å²) in [5, 5.41) is 4.31. The summed E-state index contributed by atoms with van der Waals surface area (Å²) in [6.07, 6.45) is 0. The summed E-state index contributed by atoms with van der Waals surface area (Å²) in [4.78, 5) is 25.0. The highest BCUT2D eigenvalue weighted by atomic mass is 35.5. The second-order valence-electron chi connectivity index (χ2n) is 4.67. The number of benzene rings is 1. The molecule has 5 nitrogen and oxygen atoms in total. The van der Waals surface area contributed by atoms with Crippen LogP contribution in [0.15, 0.2) is 35.0 Å². The number of carbonyl (C=O) groups is 2. The van der Waals surface area contributed by atoms with E-state index < -0.39 is 5.91 Å². The topological polar surface area (TPSA) is 72.6 Å². The number of ether oxygens (including phenoxy) is 1. The van der Waals surface area contributed by atoms with E-state index in [0.29, 0.717) is 11.6 Å². The van der Waals surface area contributed by atoms with E-state index in [4.69, 9.17) is 22.1 Å². The van der Waals surface area contributed by atoms with E-state index in [1.807, 2.05) is 16.8 Å². The molecule has 116 valence electrons. The Kier molecular flexibility index (Phi) is 5.41. The third kappa shape index (κ3) is 4.22. The molecule has 0 unspecified atom stereocenters. The van der Waals surface area contributed by atoms with Crippen molar-refractivity contribution in [1.29, 1.82) is 0 Å². The van der Waals surface area contributed by atoms with Gasteiger partial charge in [-0.3, -0.25) is 9.59 Å². The minimum atomic E-state index is -0.656. The molecule has 0 atom stereocenters. The predicted molar refractivity (Wildman–Crippen MR) is 86.3 cm³/mol. The zero-order valence-corrected chi connectivity index (χ0v) is 13.5. The van der Waals surface area contributed by atoms with Crippen molar-refractivity contribution in [3.8, 4) is 5.75 Å². The molecular weight excluding hydrogens is 324 g/mol. The van der Waals surface area contributed by atoms with Crippen LogP contribution in [0.1, 0.15) is 15.9 Å². The molecule has 7 heteroatoms. The van der Waals surface area contributed by atoms with Gasteiger partial charge in [0.2, 0.25) is 0 Å². The van der Waals surface area contributed by atoms with Gasteiger partial charge in [0.1, 0.15) is 5.75 Å². The largest absolute Gasteiger partial charge is 0.483 e. The lowest BCUT2D eigenvalue weighted by atomic mass is 10.2. The summed E-state index contributed by atoms with van der Waals surface area (Å²) in [6.45, 7) is 0.331. The number of nitrogens with zero attached hydrogens (tertiary/aromatic N) is 1. The first kappa shape index (κ1) is 16.3. The molecule has 0 bridgehead atoms. The fraction of sp³-hybridized carbons (Fsp3) is 0.200. The van der Waals surface area contributed by atoms with Crippen molar-refractivity contribution < 1.29 is 14.3 Å². The van der Waals surface area contributed by atoms with Crippen molar-refractivity contribution in [3.05, 3.63) is 51.2 Å². The first-order valence-corrected chi connectivity index (χ1v) is 7.76. The average Bonchev–Trinajstić information content (AvgIpc) is 2.98. The van der Waals surface area contributed by atoms with E-state index in [-0.39, 0.29) is 23.8 Å². The molecule has 1 aromatic heterocycles. The van der Waals surface area contributed by atoms with Crippen LogP contribution in [-0.2, 0) is 11.3 Å². The maximum absolute atomic E-state index is 12.1. The van der Waals surface area contributed by atoms with Crippen LogP contribution in [0.4, 0.5) is 0 Å². The van der Waals surface area contributed by atoms with Gasteiger partial charge in [-0.25, -0.2) is 0 Å². The third-order valence-electron chi connectivity index (χ3n) is 2.98. The summed E-state index contributed by atoms with van der Waals surface area (Å²) in [5.74, 6) is -0.609. The lowest BCUT2D eigenvalue weighted by Gasteiger charge is -2.17. The van der Waals surface area contributed by atoms with Gasteiger partial charge in [-0.15, -0.1) is 0 Å². The Labute approximate surface area is 137 Å². The van der Waals surface area contributed by atoms with E-state index in [1.165, 1.54) is 12.1 Å². The second-order valence-corrected chi connectivity index (χ2v) is 5.89. The molecule has 0 spiro atoms. The van der Waals surface area contributed by atoms with Gasteiger partial charge < -0.3 is 15.4 Å². The Morgan fingerprint density at radius 1 is 1.36 bits per heavy atom. The van der Waals surface area contributed by atoms with E-state index in [2.05, 4.69) is 0 Å². The van der Waals surface area contributed by atoms with Crippen LogP contribution < -0.4 is 10.5 Å². The van der Waals surface area contributed by atoms with Gasteiger partial charge >= 0.3 is 0 Å². The van der Waals surface area contributed by atoms with Crippen LogP contribution in [0.2, 0.25) is 5.02 Å². The van der Waals surface area contributed by atoms with Crippen molar-refractivity contribution in [2.24, 2.45) is 5.73 Å². The maximum atomic E-state index is 12.1. The molecule has 0 aliphatic heterocycles. The lowest BCUT2D eigenvalue weighted by molar-refractivity contribution is -0.132. The SMILES string of the molecule is CN(Cc1ccsc1)C(=O)COc1ccc(Cl)cc1C(N)=O. The number of primary amides is 1. The number of nitrogens with two attached hydrogens (primary N) is 1. The molecule has 1 heterocycles. The molecule has 0 fully saturated rings. The fourth-order valence-electron chi connectivity index (χ4n) is 1.81. The molecule has 0 saturated heterocycles. The second kappa shape index (κ2) is 7.29. The molecule has 0 radical (unpaired) electrons. The van der Waals surface area contributed by atoms with Gasteiger partial charge in [-0.1, -0.05) is 11.6 Å². The van der Waals surface area contributed by atoms with Crippen molar-refractivity contribution >= 4 is 34.8 Å². The van der Waals surface area contributed by atoms with Crippen LogP contribution in [-0.4, -0.2) is 30.4 Å². The van der Waals surface area contributed by atoms with E-state index in [0.717, 1.165) is 5.56 Å². The predicted octanol–water partition coefficient (Wildman–Crippen LogP) is 2.54. The molecule has 0 aliphatic rings. The monoisotopic (exact) mass is 338 g/mol. The number of hydrogen-bond donors (Lipinski definition) is 1. The van der Waals surface area contributed by atoms with Crippen molar-refractivity contribution in [2.45, 2.75) is 6.54 Å². The zero-order valence-electron chi connectivity index (χ0n) is 11.9. The summed E-state index contributed by atoms with van der Waals surface area (Å²) in [7, 11) is 1.69. The van der Waals surface area contributed by atoms with Crippen LogP contribution in [0.3, 0.4) is 0 Å². The van der Waals surface area contributed by atoms with E-state index >= 15 is 0 Å². The van der Waals surface area contributed by atoms with Crippen LogP contribution in [0.25, 0.3) is 0 Å². The fourth-order valence-corrected chi connectivity index (χ4v) is 2.65. The lowest BCUT2D eigenvalue weighted by Crippen LogP contribution is -2.31. The van der Waals surface area contributed by atoms with E-state index in [9.17, 15) is 9.59 Å². The number of hydrogen-bond acceptors (Lipinski definition) is 4. The molecule has 22 heavy (non-hydrogen) atoms. The molecule has 0 aliphatic carbocycles. The first-order valence-electron chi connectivity index (χ1n) is 6.44. The van der Waals surface area contributed by atoms with Gasteiger partial charge in [0, 0.05) is 18.6 Å². The van der Waals surface area contributed by atoms with Crippen molar-refractivity contribution in [3.63, 3.8) is 0 Å². The number of thiophene rings is 1. The zero-order chi connectivity index (χ0) is 16.1. The maximum Gasteiger partial charge on any atom is 0.260 e. The molecule has 2 rings (SSSR count). The average molecular weight is 339 g/mol. The first-order chi connectivity index (χ1) is 10.5. The summed E-state index contributed by atoms with van der Waals surface area (Å²) >= 11 is 7.39. The summed E-state index contributed by atoms with van der Waals surface area (Å²) in [5.41, 5.74) is 6.48. The van der Waals surface area contributed by atoms with Crippen LogP contribution >= 0.6 is 22.9 Å². The molecule has 2 amide bonds. The Balaban J connectivity index is 1.97. The normalized spacial score (nSPS) is 10.3. The highest BCUT2D eigenvalue weighted by Crippen LogP contribution is 2.22. The minimum absolute atomic E-state index is 0.154. The van der Waals surface area contributed by atoms with Gasteiger partial charge in [0.05, 0.1) is 5.56 Å². The number of carbonyl (C=O) groups excluding carboxylic acids is 2. The number of amides is 2. The summed E-state index contributed by atoms with van der Waals surface area (Å²) < 4.78 is 5.41. The number of likely N-dealkylation sites (N-methyl/N-ethyl adjacent to an activating group) is 1. The van der Waals surface area contributed by atoms with Gasteiger partial charge in [-0.2, -0.15) is 11.3 Å². The molecule has 2 aromatic rings. The molecule has 0 saturated carbocycles. The van der Waals surface area contributed by atoms with Crippen LogP contribution in [0.5, 0.6) is 5.75 Å². The highest BCUT2D eigenvalue weighted by molar-refractivity contribution is 7.07. The highest BCUT2D eigenvalue weighted by Gasteiger charge is 2.14. The van der Waals surface area contributed by atoms with Crippen LogP contribution in [0, 0.1) is 0 Å². The quantitative estimate of drug-likeness (QED) is 0.879. The Hall–Kier alpha value is -2.05. The standard InChI is InChI=1S/C15H15ClN2O3S/c1-18(7-10-4-5-22-9-10)14(19)8-21-13-3-2-11(16)6-12(13)15(17)20/h2-6,9H,7-8H2,1H3,(H2,17,20). The van der Waals surface area contributed by atoms with Crippen molar-refractivity contribution in [1.82, 2.24) is 4.90 Å². The van der Waals surface area contributed by atoms with E-state index in [1.54, 1.807) is 29.4 Å². The van der Waals surface area contributed by atoms with Gasteiger partial charge in [0.15, 0.2) is 6.61 Å². The minimum Gasteiger partial charge on any atom is -0.483 e.